The van der Waals surface area contributed by atoms with E-state index in [9.17, 15) is 9.59 Å². The van der Waals surface area contributed by atoms with Crippen molar-refractivity contribution >= 4 is 46.5 Å². The number of para-hydroxylation sites is 1. The van der Waals surface area contributed by atoms with E-state index in [1.807, 2.05) is 0 Å². The minimum atomic E-state index is -1.06. The Hall–Kier alpha value is -2.24. The molecule has 1 amide bonds. The summed E-state index contributed by atoms with van der Waals surface area (Å²) in [6.45, 7) is -0.0788. The lowest BCUT2D eigenvalue weighted by Gasteiger charge is -2.10. The van der Waals surface area contributed by atoms with E-state index in [0.29, 0.717) is 21.4 Å². The van der Waals surface area contributed by atoms with Crippen molar-refractivity contribution in [2.45, 2.75) is 0 Å². The molecule has 0 saturated heterocycles. The van der Waals surface area contributed by atoms with Crippen molar-refractivity contribution in [3.05, 3.63) is 58.1 Å². The Morgan fingerprint density at radius 1 is 1.05 bits per heavy atom. The smallest absolute Gasteiger partial charge is 0.337 e. The van der Waals surface area contributed by atoms with Gasteiger partial charge in [0.15, 0.2) is 0 Å². The molecule has 3 N–H and O–H groups in total. The van der Waals surface area contributed by atoms with Crippen molar-refractivity contribution in [3.8, 4) is 0 Å². The second kappa shape index (κ2) is 7.15. The number of rotatable bonds is 5. The summed E-state index contributed by atoms with van der Waals surface area (Å²) in [5.74, 6) is -1.40. The summed E-state index contributed by atoms with van der Waals surface area (Å²) in [6.07, 6.45) is 0. The maximum absolute atomic E-state index is 11.9. The largest absolute Gasteiger partial charge is 0.478 e. The predicted molar refractivity (Wildman–Crippen MR) is 87.0 cm³/mol. The van der Waals surface area contributed by atoms with E-state index in [4.69, 9.17) is 28.3 Å². The highest BCUT2D eigenvalue weighted by molar-refractivity contribution is 6.42. The molecule has 0 aromatic heterocycles. The molecule has 0 saturated carbocycles. The Labute approximate surface area is 136 Å². The Balaban J connectivity index is 1.98. The van der Waals surface area contributed by atoms with Gasteiger partial charge in [0.25, 0.3) is 0 Å². The van der Waals surface area contributed by atoms with Gasteiger partial charge in [0.2, 0.25) is 5.91 Å². The molecule has 114 valence electrons. The molecule has 0 spiro atoms. The van der Waals surface area contributed by atoms with Crippen LogP contribution in [0.5, 0.6) is 0 Å². The number of amides is 1. The van der Waals surface area contributed by atoms with Gasteiger partial charge < -0.3 is 15.7 Å². The zero-order valence-electron chi connectivity index (χ0n) is 11.3. The summed E-state index contributed by atoms with van der Waals surface area (Å²) in [6, 6.07) is 11.1. The Kier molecular flexibility index (Phi) is 5.25. The quantitative estimate of drug-likeness (QED) is 0.775. The van der Waals surface area contributed by atoms with Gasteiger partial charge in [-0.25, -0.2) is 4.79 Å². The van der Waals surface area contributed by atoms with E-state index in [0.717, 1.165) is 0 Å². The molecular formula is C15H12Cl2N2O3. The van der Waals surface area contributed by atoms with Gasteiger partial charge in [0.05, 0.1) is 22.2 Å². The van der Waals surface area contributed by atoms with E-state index in [-0.39, 0.29) is 18.0 Å². The molecule has 0 aliphatic rings. The van der Waals surface area contributed by atoms with E-state index in [2.05, 4.69) is 10.6 Å². The number of hydrogen-bond donors (Lipinski definition) is 3. The molecule has 2 rings (SSSR count). The van der Waals surface area contributed by atoms with Crippen molar-refractivity contribution < 1.29 is 14.7 Å². The van der Waals surface area contributed by atoms with Crippen molar-refractivity contribution in [1.82, 2.24) is 0 Å². The first-order chi connectivity index (χ1) is 10.5. The van der Waals surface area contributed by atoms with Crippen LogP contribution in [0.25, 0.3) is 0 Å². The van der Waals surface area contributed by atoms with Gasteiger partial charge in [-0.15, -0.1) is 0 Å². The van der Waals surface area contributed by atoms with Crippen molar-refractivity contribution in [2.75, 3.05) is 17.2 Å². The lowest BCUT2D eigenvalue weighted by atomic mass is 10.2. The van der Waals surface area contributed by atoms with Gasteiger partial charge in [0.1, 0.15) is 0 Å². The van der Waals surface area contributed by atoms with Crippen LogP contribution in [0.4, 0.5) is 11.4 Å². The fourth-order valence-corrected chi connectivity index (χ4v) is 2.08. The summed E-state index contributed by atoms with van der Waals surface area (Å²) in [5, 5.41) is 15.2. The zero-order chi connectivity index (χ0) is 16.1. The maximum Gasteiger partial charge on any atom is 0.337 e. The van der Waals surface area contributed by atoms with Crippen molar-refractivity contribution in [1.29, 1.82) is 0 Å². The lowest BCUT2D eigenvalue weighted by Crippen LogP contribution is -2.22. The topological polar surface area (TPSA) is 78.4 Å². The first-order valence-corrected chi connectivity index (χ1v) is 7.04. The number of anilines is 2. The number of carbonyl (C=O) groups is 2. The molecule has 0 aliphatic heterocycles. The van der Waals surface area contributed by atoms with Crippen LogP contribution in [0.1, 0.15) is 10.4 Å². The monoisotopic (exact) mass is 338 g/mol. The third-order valence-electron chi connectivity index (χ3n) is 2.80. The highest BCUT2D eigenvalue weighted by Gasteiger charge is 2.10. The number of carboxylic acid groups (broad SMARTS) is 1. The van der Waals surface area contributed by atoms with Crippen LogP contribution in [0.2, 0.25) is 10.0 Å². The van der Waals surface area contributed by atoms with Crippen LogP contribution in [0.15, 0.2) is 42.5 Å². The van der Waals surface area contributed by atoms with Crippen molar-refractivity contribution in [2.24, 2.45) is 0 Å². The van der Waals surface area contributed by atoms with E-state index >= 15 is 0 Å². The number of nitrogens with one attached hydrogen (secondary N) is 2. The second-order valence-electron chi connectivity index (χ2n) is 4.38. The Morgan fingerprint density at radius 3 is 2.45 bits per heavy atom. The van der Waals surface area contributed by atoms with Crippen LogP contribution < -0.4 is 10.6 Å². The van der Waals surface area contributed by atoms with Gasteiger partial charge in [-0.05, 0) is 30.3 Å². The molecule has 0 bridgehead atoms. The van der Waals surface area contributed by atoms with Crippen LogP contribution >= 0.6 is 23.2 Å². The lowest BCUT2D eigenvalue weighted by molar-refractivity contribution is -0.114. The number of carbonyl (C=O) groups excluding carboxylic acids is 1. The number of halogens is 2. The minimum Gasteiger partial charge on any atom is -0.478 e. The third-order valence-corrected chi connectivity index (χ3v) is 3.54. The van der Waals surface area contributed by atoms with E-state index < -0.39 is 5.97 Å². The fraction of sp³-hybridized carbons (Fsp3) is 0.0667. The molecule has 0 aliphatic carbocycles. The highest BCUT2D eigenvalue weighted by Crippen LogP contribution is 2.25. The fourth-order valence-electron chi connectivity index (χ4n) is 1.78. The number of carboxylic acids is 1. The molecule has 7 heteroatoms. The Bertz CT molecular complexity index is 720. The van der Waals surface area contributed by atoms with Crippen LogP contribution in [-0.4, -0.2) is 23.5 Å². The molecule has 22 heavy (non-hydrogen) atoms. The summed E-state index contributed by atoms with van der Waals surface area (Å²) in [5.41, 5.74) is 0.983. The second-order valence-corrected chi connectivity index (χ2v) is 5.20. The molecule has 2 aromatic carbocycles. The molecule has 5 nitrogen and oxygen atoms in total. The van der Waals surface area contributed by atoms with Crippen LogP contribution in [0.3, 0.4) is 0 Å². The summed E-state index contributed by atoms with van der Waals surface area (Å²) in [7, 11) is 0. The summed E-state index contributed by atoms with van der Waals surface area (Å²) >= 11 is 11.7. The first kappa shape index (κ1) is 16.1. The zero-order valence-corrected chi connectivity index (χ0v) is 12.8. The van der Waals surface area contributed by atoms with Gasteiger partial charge in [0, 0.05) is 11.4 Å². The number of hydrogen-bond acceptors (Lipinski definition) is 3. The molecule has 0 fully saturated rings. The highest BCUT2D eigenvalue weighted by atomic mass is 35.5. The molecule has 0 atom stereocenters. The summed E-state index contributed by atoms with van der Waals surface area (Å²) in [4.78, 5) is 22.9. The molecule has 2 aromatic rings. The van der Waals surface area contributed by atoms with Crippen molar-refractivity contribution in [3.63, 3.8) is 0 Å². The van der Waals surface area contributed by atoms with Crippen LogP contribution in [-0.2, 0) is 4.79 Å². The molecular weight excluding hydrogens is 327 g/mol. The van der Waals surface area contributed by atoms with Crippen LogP contribution in [0, 0.1) is 0 Å². The van der Waals surface area contributed by atoms with Gasteiger partial charge in [-0.3, -0.25) is 4.79 Å². The average Bonchev–Trinajstić information content (AvgIpc) is 2.49. The summed E-state index contributed by atoms with van der Waals surface area (Å²) < 4.78 is 0. The number of aromatic carboxylic acids is 1. The Morgan fingerprint density at radius 2 is 1.77 bits per heavy atom. The SMILES string of the molecule is O=C(CNc1ccccc1C(=O)O)Nc1ccc(Cl)c(Cl)c1. The maximum atomic E-state index is 11.9. The standard InChI is InChI=1S/C15H12Cl2N2O3/c16-11-6-5-9(7-12(11)17)19-14(20)8-18-13-4-2-1-3-10(13)15(21)22/h1-7,18H,8H2,(H,19,20)(H,21,22). The minimum absolute atomic E-state index is 0.0788. The average molecular weight is 339 g/mol. The first-order valence-electron chi connectivity index (χ1n) is 6.28. The van der Waals surface area contributed by atoms with Gasteiger partial charge in [-0.1, -0.05) is 35.3 Å². The van der Waals surface area contributed by atoms with Gasteiger partial charge in [-0.2, -0.15) is 0 Å². The third kappa shape index (κ3) is 4.13. The van der Waals surface area contributed by atoms with E-state index in [1.165, 1.54) is 12.1 Å². The molecule has 0 radical (unpaired) electrons. The number of benzene rings is 2. The van der Waals surface area contributed by atoms with E-state index in [1.54, 1.807) is 30.3 Å². The normalized spacial score (nSPS) is 10.1. The predicted octanol–water partition coefficient (Wildman–Crippen LogP) is 3.74. The molecule has 0 unspecified atom stereocenters. The van der Waals surface area contributed by atoms with Gasteiger partial charge >= 0.3 is 5.97 Å². The molecule has 0 heterocycles.